The highest BCUT2D eigenvalue weighted by Crippen LogP contribution is 2.31. The number of thiazole rings is 1. The van der Waals surface area contributed by atoms with Gasteiger partial charge in [-0.15, -0.1) is 0 Å². The zero-order valence-electron chi connectivity index (χ0n) is 13.3. The second kappa shape index (κ2) is 5.76. The van der Waals surface area contributed by atoms with Crippen LogP contribution in [0, 0.1) is 0 Å². The van der Waals surface area contributed by atoms with Crippen molar-refractivity contribution >= 4 is 32.6 Å². The Morgan fingerprint density at radius 1 is 1.26 bits per heavy atom. The molecule has 1 aromatic heterocycles. The van der Waals surface area contributed by atoms with Crippen molar-refractivity contribution in [2.45, 2.75) is 25.4 Å². The van der Waals surface area contributed by atoms with E-state index in [1.165, 1.54) is 4.70 Å². The van der Waals surface area contributed by atoms with Crippen molar-refractivity contribution in [2.75, 3.05) is 37.7 Å². The molecule has 0 saturated carbocycles. The third kappa shape index (κ3) is 2.70. The molecular formula is C17H21N3O2S. The zero-order chi connectivity index (χ0) is 15.9. The molecule has 1 aromatic carbocycles. The SMILES string of the molecule is CC1(C(=O)N2CCN(c3nc4ccccc4s3)CC2)CCCO1. The van der Waals surface area contributed by atoms with E-state index >= 15 is 0 Å². The maximum Gasteiger partial charge on any atom is 0.254 e. The Hall–Kier alpha value is -1.66. The first-order chi connectivity index (χ1) is 11.2. The molecule has 2 aliphatic heterocycles. The summed E-state index contributed by atoms with van der Waals surface area (Å²) in [5.41, 5.74) is 0.454. The summed E-state index contributed by atoms with van der Waals surface area (Å²) in [6.07, 6.45) is 1.82. The fourth-order valence-corrected chi connectivity index (χ4v) is 4.40. The number of fused-ring (bicyclic) bond motifs is 1. The number of nitrogens with zero attached hydrogens (tertiary/aromatic N) is 3. The summed E-state index contributed by atoms with van der Waals surface area (Å²) in [5.74, 6) is 0.152. The van der Waals surface area contributed by atoms with Crippen LogP contribution in [0.25, 0.3) is 10.2 Å². The number of amides is 1. The van der Waals surface area contributed by atoms with Crippen molar-refractivity contribution in [2.24, 2.45) is 0 Å². The van der Waals surface area contributed by atoms with Crippen molar-refractivity contribution in [1.82, 2.24) is 9.88 Å². The smallest absolute Gasteiger partial charge is 0.254 e. The lowest BCUT2D eigenvalue weighted by atomic mass is 10.0. The van der Waals surface area contributed by atoms with Gasteiger partial charge in [0.05, 0.1) is 10.2 Å². The number of para-hydroxylation sites is 1. The maximum atomic E-state index is 12.7. The predicted molar refractivity (Wildman–Crippen MR) is 92.0 cm³/mol. The first-order valence-electron chi connectivity index (χ1n) is 8.20. The Labute approximate surface area is 139 Å². The van der Waals surface area contributed by atoms with Crippen LogP contribution in [0.5, 0.6) is 0 Å². The van der Waals surface area contributed by atoms with Crippen molar-refractivity contribution in [3.63, 3.8) is 0 Å². The molecule has 122 valence electrons. The molecule has 1 unspecified atom stereocenters. The van der Waals surface area contributed by atoms with Crippen LogP contribution in [-0.2, 0) is 9.53 Å². The Balaban J connectivity index is 1.43. The number of benzene rings is 1. The van der Waals surface area contributed by atoms with E-state index in [0.717, 1.165) is 49.7 Å². The van der Waals surface area contributed by atoms with Crippen molar-refractivity contribution < 1.29 is 9.53 Å². The van der Waals surface area contributed by atoms with Crippen LogP contribution in [0.15, 0.2) is 24.3 Å². The van der Waals surface area contributed by atoms with Gasteiger partial charge in [-0.3, -0.25) is 4.79 Å². The third-order valence-corrected chi connectivity index (χ3v) is 5.89. The Kier molecular flexibility index (Phi) is 3.73. The van der Waals surface area contributed by atoms with Crippen LogP contribution in [0.1, 0.15) is 19.8 Å². The van der Waals surface area contributed by atoms with Crippen LogP contribution < -0.4 is 4.90 Å². The standard InChI is InChI=1S/C17H21N3O2S/c1-17(7-4-12-22-17)15(21)19-8-10-20(11-9-19)16-18-13-5-2-3-6-14(13)23-16/h2-3,5-6H,4,7-12H2,1H3. The normalized spacial score (nSPS) is 25.3. The van der Waals surface area contributed by atoms with Crippen LogP contribution in [-0.4, -0.2) is 54.2 Å². The average Bonchev–Trinajstić information content (AvgIpc) is 3.21. The number of aromatic nitrogens is 1. The van der Waals surface area contributed by atoms with E-state index in [4.69, 9.17) is 9.72 Å². The lowest BCUT2D eigenvalue weighted by Crippen LogP contribution is -2.54. The number of rotatable bonds is 2. The number of anilines is 1. The molecule has 23 heavy (non-hydrogen) atoms. The molecule has 0 aliphatic carbocycles. The molecule has 1 atom stereocenters. The van der Waals surface area contributed by atoms with Crippen LogP contribution in [0.2, 0.25) is 0 Å². The highest BCUT2D eigenvalue weighted by atomic mass is 32.1. The molecule has 5 nitrogen and oxygen atoms in total. The van der Waals surface area contributed by atoms with Crippen molar-refractivity contribution in [3.8, 4) is 0 Å². The van der Waals surface area contributed by atoms with Gasteiger partial charge in [-0.2, -0.15) is 0 Å². The minimum absolute atomic E-state index is 0.152. The molecule has 2 aromatic rings. The molecule has 1 amide bonds. The van der Waals surface area contributed by atoms with E-state index in [9.17, 15) is 4.79 Å². The Morgan fingerprint density at radius 2 is 2.04 bits per heavy atom. The highest BCUT2D eigenvalue weighted by molar-refractivity contribution is 7.22. The van der Waals surface area contributed by atoms with Gasteiger partial charge >= 0.3 is 0 Å². The minimum Gasteiger partial charge on any atom is -0.365 e. The van der Waals surface area contributed by atoms with E-state index in [0.29, 0.717) is 6.61 Å². The second-order valence-corrected chi connectivity index (χ2v) is 7.44. The number of hydrogen-bond donors (Lipinski definition) is 0. The minimum atomic E-state index is -0.599. The molecule has 0 bridgehead atoms. The molecule has 2 saturated heterocycles. The van der Waals surface area contributed by atoms with Gasteiger partial charge in [0.1, 0.15) is 5.60 Å². The molecular weight excluding hydrogens is 310 g/mol. The lowest BCUT2D eigenvalue weighted by molar-refractivity contribution is -0.151. The molecule has 0 spiro atoms. The molecule has 0 N–H and O–H groups in total. The summed E-state index contributed by atoms with van der Waals surface area (Å²) < 4.78 is 6.91. The number of piperazine rings is 1. The van der Waals surface area contributed by atoms with Crippen molar-refractivity contribution in [1.29, 1.82) is 0 Å². The summed E-state index contributed by atoms with van der Waals surface area (Å²) in [6, 6.07) is 8.22. The molecule has 4 rings (SSSR count). The van der Waals surface area contributed by atoms with Gasteiger partial charge in [0, 0.05) is 32.8 Å². The zero-order valence-corrected chi connectivity index (χ0v) is 14.1. The largest absolute Gasteiger partial charge is 0.365 e. The summed E-state index contributed by atoms with van der Waals surface area (Å²) >= 11 is 1.72. The Bertz CT molecular complexity index is 682. The van der Waals surface area contributed by atoms with E-state index in [1.807, 2.05) is 30.0 Å². The molecule has 3 heterocycles. The van der Waals surface area contributed by atoms with E-state index < -0.39 is 5.60 Å². The predicted octanol–water partition coefficient (Wildman–Crippen LogP) is 2.51. The Morgan fingerprint density at radius 3 is 2.74 bits per heavy atom. The van der Waals surface area contributed by atoms with E-state index in [2.05, 4.69) is 11.0 Å². The maximum absolute atomic E-state index is 12.7. The fraction of sp³-hybridized carbons (Fsp3) is 0.529. The summed E-state index contributed by atoms with van der Waals surface area (Å²) in [7, 11) is 0. The average molecular weight is 331 g/mol. The summed E-state index contributed by atoms with van der Waals surface area (Å²) in [4.78, 5) is 21.6. The van der Waals surface area contributed by atoms with E-state index in [-0.39, 0.29) is 5.91 Å². The quantitative estimate of drug-likeness (QED) is 0.848. The van der Waals surface area contributed by atoms with Crippen LogP contribution in [0.4, 0.5) is 5.13 Å². The highest BCUT2D eigenvalue weighted by Gasteiger charge is 2.41. The van der Waals surface area contributed by atoms with Gasteiger partial charge in [0.2, 0.25) is 0 Å². The van der Waals surface area contributed by atoms with Gasteiger partial charge < -0.3 is 14.5 Å². The van der Waals surface area contributed by atoms with Gasteiger partial charge in [-0.05, 0) is 31.9 Å². The molecule has 2 aliphatic rings. The summed E-state index contributed by atoms with van der Waals surface area (Å²) in [5, 5.41) is 1.06. The van der Waals surface area contributed by atoms with Gasteiger partial charge in [-0.1, -0.05) is 23.5 Å². The first kappa shape index (κ1) is 14.9. The second-order valence-electron chi connectivity index (χ2n) is 6.43. The molecule has 2 fully saturated rings. The summed E-state index contributed by atoms with van der Waals surface area (Å²) in [6.45, 7) is 5.79. The van der Waals surface area contributed by atoms with Gasteiger partial charge in [-0.25, -0.2) is 4.98 Å². The number of hydrogen-bond acceptors (Lipinski definition) is 5. The first-order valence-corrected chi connectivity index (χ1v) is 9.01. The number of carbonyl (C=O) groups is 1. The fourth-order valence-electron chi connectivity index (χ4n) is 3.38. The monoisotopic (exact) mass is 331 g/mol. The van der Waals surface area contributed by atoms with E-state index in [1.54, 1.807) is 11.3 Å². The number of ether oxygens (including phenoxy) is 1. The van der Waals surface area contributed by atoms with Crippen molar-refractivity contribution in [3.05, 3.63) is 24.3 Å². The van der Waals surface area contributed by atoms with Crippen LogP contribution >= 0.6 is 11.3 Å². The molecule has 0 radical (unpaired) electrons. The van der Waals surface area contributed by atoms with Gasteiger partial charge in [0.15, 0.2) is 5.13 Å². The number of carbonyl (C=O) groups excluding carboxylic acids is 1. The lowest BCUT2D eigenvalue weighted by Gasteiger charge is -2.38. The topological polar surface area (TPSA) is 45.7 Å². The molecule has 6 heteroatoms. The van der Waals surface area contributed by atoms with Gasteiger partial charge in [0.25, 0.3) is 5.91 Å². The third-order valence-electron chi connectivity index (χ3n) is 4.79. The van der Waals surface area contributed by atoms with Crippen LogP contribution in [0.3, 0.4) is 0 Å².